The van der Waals surface area contributed by atoms with Gasteiger partial charge in [0.1, 0.15) is 6.17 Å². The number of carboxylic acid groups (broad SMARTS) is 1. The van der Waals surface area contributed by atoms with Gasteiger partial charge in [0, 0.05) is 37.6 Å². The number of halogens is 4. The van der Waals surface area contributed by atoms with Gasteiger partial charge in [0.25, 0.3) is 0 Å². The first-order valence-electron chi connectivity index (χ1n) is 9.15. The van der Waals surface area contributed by atoms with E-state index in [2.05, 4.69) is 9.80 Å². The third-order valence-electron chi connectivity index (χ3n) is 5.84. The summed E-state index contributed by atoms with van der Waals surface area (Å²) in [6.07, 6.45) is 0.204. The minimum absolute atomic E-state index is 0.00812. The van der Waals surface area contributed by atoms with E-state index >= 15 is 0 Å². The van der Waals surface area contributed by atoms with Crippen molar-refractivity contribution >= 4 is 11.9 Å². The van der Waals surface area contributed by atoms with E-state index in [1.807, 2.05) is 0 Å². The summed E-state index contributed by atoms with van der Waals surface area (Å²) in [5.74, 6) is -1.59. The first kappa shape index (κ1) is 19.4. The zero-order valence-corrected chi connectivity index (χ0v) is 14.4. The maximum absolute atomic E-state index is 12.9. The van der Waals surface area contributed by atoms with E-state index in [1.165, 1.54) is 19.4 Å². The first-order valence-corrected chi connectivity index (χ1v) is 9.15. The van der Waals surface area contributed by atoms with E-state index in [1.54, 1.807) is 0 Å². The lowest BCUT2D eigenvalue weighted by molar-refractivity contribution is -0.192. The molecule has 2 atom stereocenters. The first-order chi connectivity index (χ1) is 12.2. The number of alkyl halides is 4. The Hall–Kier alpha value is -1.38. The molecule has 0 spiro atoms. The molecule has 1 N–H and O–H groups in total. The summed E-state index contributed by atoms with van der Waals surface area (Å²) < 4.78 is 44.7. The molecule has 2 saturated carbocycles. The Morgan fingerprint density at radius 1 is 1.00 bits per heavy atom. The van der Waals surface area contributed by atoms with Crippen molar-refractivity contribution in [2.45, 2.75) is 63.0 Å². The lowest BCUT2D eigenvalue weighted by Crippen LogP contribution is -2.46. The van der Waals surface area contributed by atoms with Crippen LogP contribution in [0.5, 0.6) is 0 Å². The smallest absolute Gasteiger partial charge is 0.475 e. The van der Waals surface area contributed by atoms with Gasteiger partial charge in [0.15, 0.2) is 0 Å². The monoisotopic (exact) mass is 380 g/mol. The summed E-state index contributed by atoms with van der Waals surface area (Å²) in [6.45, 7) is 3.31. The second kappa shape index (κ2) is 7.32. The summed E-state index contributed by atoms with van der Waals surface area (Å²) in [6, 6.07) is 1.04. The average molecular weight is 380 g/mol. The SMILES string of the molecule is O=C(C1CC(F)C1)N1CC[C@H]2[C@H]1CCN2CC1CC1.O=C(O)C(F)(F)F. The minimum atomic E-state index is -5.08. The van der Waals surface area contributed by atoms with Crippen molar-refractivity contribution in [3.05, 3.63) is 0 Å². The summed E-state index contributed by atoms with van der Waals surface area (Å²) in [7, 11) is 0. The van der Waals surface area contributed by atoms with Crippen LogP contribution in [0.2, 0.25) is 0 Å². The molecule has 2 saturated heterocycles. The summed E-state index contributed by atoms with van der Waals surface area (Å²) in [5, 5.41) is 7.12. The number of fused-ring (bicyclic) bond motifs is 1. The summed E-state index contributed by atoms with van der Waals surface area (Å²) in [5.41, 5.74) is 0. The van der Waals surface area contributed by atoms with E-state index in [9.17, 15) is 22.4 Å². The van der Waals surface area contributed by atoms with Crippen molar-refractivity contribution in [1.82, 2.24) is 9.80 Å². The highest BCUT2D eigenvalue weighted by Crippen LogP contribution is 2.39. The van der Waals surface area contributed by atoms with Crippen LogP contribution in [0, 0.1) is 11.8 Å². The molecule has 26 heavy (non-hydrogen) atoms. The minimum Gasteiger partial charge on any atom is -0.475 e. The van der Waals surface area contributed by atoms with E-state index in [0.717, 1.165) is 31.8 Å². The summed E-state index contributed by atoms with van der Waals surface area (Å²) >= 11 is 0. The molecule has 0 aromatic rings. The van der Waals surface area contributed by atoms with Gasteiger partial charge < -0.3 is 10.0 Å². The fourth-order valence-corrected chi connectivity index (χ4v) is 4.19. The molecule has 2 heterocycles. The number of carbonyl (C=O) groups is 2. The Kier molecular flexibility index (Phi) is 5.46. The van der Waals surface area contributed by atoms with Crippen LogP contribution in [0.15, 0.2) is 0 Å². The second-order valence-corrected chi connectivity index (χ2v) is 7.75. The molecule has 4 aliphatic rings. The Morgan fingerprint density at radius 3 is 2.08 bits per heavy atom. The Bertz CT molecular complexity index is 547. The largest absolute Gasteiger partial charge is 0.490 e. The number of nitrogens with zero attached hydrogens (tertiary/aromatic N) is 2. The van der Waals surface area contributed by atoms with Crippen molar-refractivity contribution < 1.29 is 32.3 Å². The number of amides is 1. The van der Waals surface area contributed by atoms with Crippen LogP contribution in [0.1, 0.15) is 38.5 Å². The molecule has 0 bridgehead atoms. The number of aliphatic carboxylic acids is 1. The van der Waals surface area contributed by atoms with Crippen LogP contribution >= 0.6 is 0 Å². The lowest BCUT2D eigenvalue weighted by atomic mass is 9.82. The van der Waals surface area contributed by atoms with Gasteiger partial charge in [-0.3, -0.25) is 9.69 Å². The molecule has 4 rings (SSSR count). The quantitative estimate of drug-likeness (QED) is 0.764. The number of carbonyl (C=O) groups excluding carboxylic acids is 1. The molecular weight excluding hydrogens is 356 g/mol. The zero-order valence-electron chi connectivity index (χ0n) is 14.4. The molecule has 0 radical (unpaired) electrons. The fraction of sp³-hybridized carbons (Fsp3) is 0.882. The number of hydrogen-bond acceptors (Lipinski definition) is 3. The number of carboxylic acids is 1. The van der Waals surface area contributed by atoms with Gasteiger partial charge in [-0.25, -0.2) is 9.18 Å². The third-order valence-corrected chi connectivity index (χ3v) is 5.84. The second-order valence-electron chi connectivity index (χ2n) is 7.75. The van der Waals surface area contributed by atoms with Gasteiger partial charge in [-0.2, -0.15) is 13.2 Å². The Labute approximate surface area is 149 Å². The maximum Gasteiger partial charge on any atom is 0.490 e. The molecule has 9 heteroatoms. The number of rotatable bonds is 3. The Balaban J connectivity index is 0.000000242. The predicted octanol–water partition coefficient (Wildman–Crippen LogP) is 2.45. The highest BCUT2D eigenvalue weighted by Gasteiger charge is 2.48. The standard InChI is InChI=1S/C15H23FN2O.C2HF3O2/c16-12-7-11(8-12)15(19)18-6-4-13-14(18)3-5-17(13)9-10-1-2-10;3-2(4,5)1(6)7/h10-14H,1-9H2;(H,6,7)/t11?,12?,13-,14+;/m0./s1. The van der Waals surface area contributed by atoms with Crippen LogP contribution in [0.4, 0.5) is 17.6 Å². The lowest BCUT2D eigenvalue weighted by Gasteiger charge is -2.34. The molecule has 1 amide bonds. The molecule has 0 aromatic heterocycles. The molecule has 0 unspecified atom stereocenters. The van der Waals surface area contributed by atoms with E-state index in [4.69, 9.17) is 9.90 Å². The molecule has 5 nitrogen and oxygen atoms in total. The van der Waals surface area contributed by atoms with Crippen molar-refractivity contribution in [2.24, 2.45) is 11.8 Å². The van der Waals surface area contributed by atoms with Crippen molar-refractivity contribution in [1.29, 1.82) is 0 Å². The molecule has 4 fully saturated rings. The number of hydrogen-bond donors (Lipinski definition) is 1. The van der Waals surface area contributed by atoms with Crippen molar-refractivity contribution in [3.8, 4) is 0 Å². The van der Waals surface area contributed by atoms with Crippen molar-refractivity contribution in [3.63, 3.8) is 0 Å². The average Bonchev–Trinajstić information content (AvgIpc) is 3.10. The maximum atomic E-state index is 12.9. The molecule has 2 aliphatic carbocycles. The van der Waals surface area contributed by atoms with E-state index < -0.39 is 18.3 Å². The molecule has 148 valence electrons. The van der Waals surface area contributed by atoms with Gasteiger partial charge in [0.2, 0.25) is 5.91 Å². The van der Waals surface area contributed by atoms with Gasteiger partial charge >= 0.3 is 12.1 Å². The third kappa shape index (κ3) is 4.29. The normalized spacial score (nSPS) is 33.9. The fourth-order valence-electron chi connectivity index (χ4n) is 4.19. The van der Waals surface area contributed by atoms with Crippen LogP contribution < -0.4 is 0 Å². The molecule has 0 aromatic carbocycles. The van der Waals surface area contributed by atoms with Crippen LogP contribution in [0.25, 0.3) is 0 Å². The van der Waals surface area contributed by atoms with Gasteiger partial charge in [0.05, 0.1) is 0 Å². The highest BCUT2D eigenvalue weighted by molar-refractivity contribution is 5.80. The van der Waals surface area contributed by atoms with Crippen LogP contribution in [-0.2, 0) is 9.59 Å². The van der Waals surface area contributed by atoms with E-state index in [-0.39, 0.29) is 11.8 Å². The predicted molar refractivity (Wildman–Crippen MR) is 84.1 cm³/mol. The molecular formula is C17H24F4N2O3. The van der Waals surface area contributed by atoms with Gasteiger partial charge in [-0.05, 0) is 44.4 Å². The van der Waals surface area contributed by atoms with Crippen molar-refractivity contribution in [2.75, 3.05) is 19.6 Å². The highest BCUT2D eigenvalue weighted by atomic mass is 19.4. The van der Waals surface area contributed by atoms with Gasteiger partial charge in [-0.1, -0.05) is 0 Å². The topological polar surface area (TPSA) is 60.9 Å². The van der Waals surface area contributed by atoms with E-state index in [0.29, 0.717) is 24.9 Å². The zero-order chi connectivity index (χ0) is 19.1. The number of likely N-dealkylation sites (tertiary alicyclic amines) is 2. The van der Waals surface area contributed by atoms with Crippen LogP contribution in [-0.4, -0.2) is 70.8 Å². The van der Waals surface area contributed by atoms with Crippen LogP contribution in [0.3, 0.4) is 0 Å². The Morgan fingerprint density at radius 2 is 1.58 bits per heavy atom. The summed E-state index contributed by atoms with van der Waals surface area (Å²) in [4.78, 5) is 26.0. The molecule has 2 aliphatic heterocycles. The van der Waals surface area contributed by atoms with Gasteiger partial charge in [-0.15, -0.1) is 0 Å².